The number of aromatic nitrogens is 7. The minimum Gasteiger partial charge on any atom is -0.334 e. The van der Waals surface area contributed by atoms with Gasteiger partial charge in [-0.15, -0.1) is 5.10 Å². The Morgan fingerprint density at radius 3 is 2.81 bits per heavy atom. The number of nitrogens with zero attached hydrogens (tertiary/aromatic N) is 7. The van der Waals surface area contributed by atoms with Crippen LogP contribution in [0.3, 0.4) is 0 Å². The molecule has 0 spiro atoms. The lowest BCUT2D eigenvalue weighted by molar-refractivity contribution is 0.438. The molecule has 1 aliphatic rings. The number of tetrazole rings is 1. The Balaban J connectivity index is 1.62. The number of unbranched alkanes of at least 4 members (excludes halogenated alkanes) is 1. The zero-order chi connectivity index (χ0) is 25.1. The predicted molar refractivity (Wildman–Crippen MR) is 141 cm³/mol. The molecule has 0 saturated heterocycles. The van der Waals surface area contributed by atoms with Crippen LogP contribution in [0.4, 0.5) is 0 Å². The van der Waals surface area contributed by atoms with Crippen LogP contribution >= 0.6 is 0 Å². The molecule has 0 saturated carbocycles. The molecule has 5 rings (SSSR count). The first-order chi connectivity index (χ1) is 17.6. The molecule has 9 heteroatoms. The molecule has 0 bridgehead atoms. The highest BCUT2D eigenvalue weighted by molar-refractivity contribution is 5.65. The Morgan fingerprint density at radius 1 is 1.19 bits per heavy atom. The molecule has 0 fully saturated rings. The van der Waals surface area contributed by atoms with Gasteiger partial charge in [0.15, 0.2) is 5.82 Å². The molecule has 1 unspecified atom stereocenters. The van der Waals surface area contributed by atoms with Gasteiger partial charge in [0, 0.05) is 54.6 Å². The van der Waals surface area contributed by atoms with E-state index in [1.165, 1.54) is 0 Å². The number of hydrogen-bond donors (Lipinski definition) is 1. The molecule has 36 heavy (non-hydrogen) atoms. The van der Waals surface area contributed by atoms with E-state index in [2.05, 4.69) is 75.2 Å². The Bertz CT molecular complexity index is 1450. The molecular formula is C27H32N8O. The SMILES string of the molecule is CCCCc1cn(-c2c(C)ccn2CC)c(=O)n1CC1(c2cccc(-c3nnn[nH]3)c2)C=CN=CC1. The second-order valence-corrected chi connectivity index (χ2v) is 9.41. The number of nitrogens with one attached hydrogen (secondary N) is 1. The van der Waals surface area contributed by atoms with Crippen molar-refractivity contribution in [2.75, 3.05) is 0 Å². The van der Waals surface area contributed by atoms with Crippen LogP contribution in [0.25, 0.3) is 17.2 Å². The highest BCUT2D eigenvalue weighted by atomic mass is 16.1. The summed E-state index contributed by atoms with van der Waals surface area (Å²) >= 11 is 0. The van der Waals surface area contributed by atoms with E-state index in [1.807, 2.05) is 46.1 Å². The van der Waals surface area contributed by atoms with Gasteiger partial charge in [0.25, 0.3) is 0 Å². The monoisotopic (exact) mass is 484 g/mol. The van der Waals surface area contributed by atoms with Gasteiger partial charge >= 0.3 is 5.69 Å². The third-order valence-electron chi connectivity index (χ3n) is 7.08. The van der Waals surface area contributed by atoms with Crippen molar-refractivity contribution in [2.24, 2.45) is 4.99 Å². The van der Waals surface area contributed by atoms with Crippen molar-refractivity contribution >= 4 is 6.21 Å². The topological polar surface area (TPSA) is 98.7 Å². The lowest BCUT2D eigenvalue weighted by atomic mass is 9.76. The molecule has 0 amide bonds. The molecule has 1 N–H and O–H groups in total. The second kappa shape index (κ2) is 9.93. The summed E-state index contributed by atoms with van der Waals surface area (Å²) < 4.78 is 5.92. The summed E-state index contributed by atoms with van der Waals surface area (Å²) in [6.45, 7) is 7.66. The highest BCUT2D eigenvalue weighted by Gasteiger charge is 2.33. The zero-order valence-corrected chi connectivity index (χ0v) is 21.1. The molecule has 3 aromatic heterocycles. The van der Waals surface area contributed by atoms with E-state index in [9.17, 15) is 4.79 Å². The Morgan fingerprint density at radius 2 is 2.08 bits per heavy atom. The van der Waals surface area contributed by atoms with Gasteiger partial charge in [-0.1, -0.05) is 37.6 Å². The molecule has 186 valence electrons. The maximum absolute atomic E-state index is 14.0. The number of H-pyrrole nitrogens is 1. The molecule has 1 atom stereocenters. The minimum absolute atomic E-state index is 0.0107. The fourth-order valence-corrected chi connectivity index (χ4v) is 5.05. The van der Waals surface area contributed by atoms with Crippen molar-refractivity contribution in [1.29, 1.82) is 0 Å². The normalized spacial score (nSPS) is 17.2. The van der Waals surface area contributed by atoms with Crippen molar-refractivity contribution in [2.45, 2.75) is 65.0 Å². The van der Waals surface area contributed by atoms with Gasteiger partial charge in [-0.3, -0.25) is 14.1 Å². The number of aromatic amines is 1. The third kappa shape index (κ3) is 4.25. The van der Waals surface area contributed by atoms with E-state index in [0.717, 1.165) is 54.0 Å². The molecule has 4 heterocycles. The highest BCUT2D eigenvalue weighted by Crippen LogP contribution is 2.35. The predicted octanol–water partition coefficient (Wildman–Crippen LogP) is 4.22. The van der Waals surface area contributed by atoms with E-state index in [0.29, 0.717) is 18.8 Å². The van der Waals surface area contributed by atoms with Gasteiger partial charge in [-0.25, -0.2) is 9.89 Å². The van der Waals surface area contributed by atoms with Crippen molar-refractivity contribution in [3.63, 3.8) is 0 Å². The molecule has 9 nitrogen and oxygen atoms in total. The van der Waals surface area contributed by atoms with Gasteiger partial charge in [0.05, 0.1) is 0 Å². The summed E-state index contributed by atoms with van der Waals surface area (Å²) in [6, 6.07) is 10.3. The first kappa shape index (κ1) is 23.7. The van der Waals surface area contributed by atoms with Crippen LogP contribution in [0, 0.1) is 6.92 Å². The van der Waals surface area contributed by atoms with Crippen molar-refractivity contribution < 1.29 is 0 Å². The fourth-order valence-electron chi connectivity index (χ4n) is 5.05. The summed E-state index contributed by atoms with van der Waals surface area (Å²) in [7, 11) is 0. The molecule has 0 radical (unpaired) electrons. The first-order valence-electron chi connectivity index (χ1n) is 12.6. The Labute approximate surface area is 210 Å². The van der Waals surface area contributed by atoms with Crippen LogP contribution < -0.4 is 5.69 Å². The van der Waals surface area contributed by atoms with Crippen LogP contribution in [0.2, 0.25) is 0 Å². The average molecular weight is 485 g/mol. The summed E-state index contributed by atoms with van der Waals surface area (Å²) in [6.07, 6.45) is 13.6. The summed E-state index contributed by atoms with van der Waals surface area (Å²) in [5, 5.41) is 14.4. The summed E-state index contributed by atoms with van der Waals surface area (Å²) in [5.41, 5.74) is 3.70. The molecule has 0 aliphatic carbocycles. The van der Waals surface area contributed by atoms with Crippen LogP contribution in [0.1, 0.15) is 49.9 Å². The minimum atomic E-state index is -0.427. The van der Waals surface area contributed by atoms with E-state index in [4.69, 9.17) is 0 Å². The third-order valence-corrected chi connectivity index (χ3v) is 7.08. The molecule has 1 aliphatic heterocycles. The number of rotatable bonds is 9. The van der Waals surface area contributed by atoms with Crippen molar-refractivity contribution in [3.05, 3.63) is 82.3 Å². The van der Waals surface area contributed by atoms with Crippen LogP contribution in [-0.4, -0.2) is 40.5 Å². The lowest BCUT2D eigenvalue weighted by Gasteiger charge is -2.32. The lowest BCUT2D eigenvalue weighted by Crippen LogP contribution is -2.37. The number of allylic oxidation sites excluding steroid dienone is 1. The smallest absolute Gasteiger partial charge is 0.334 e. The molecular weight excluding hydrogens is 452 g/mol. The van der Waals surface area contributed by atoms with Crippen LogP contribution in [-0.2, 0) is 24.9 Å². The van der Waals surface area contributed by atoms with Gasteiger partial charge in [-0.2, -0.15) is 0 Å². The fraction of sp³-hybridized carbons (Fsp3) is 0.370. The Hall–Kier alpha value is -4.01. The quantitative estimate of drug-likeness (QED) is 0.385. The maximum atomic E-state index is 14.0. The largest absolute Gasteiger partial charge is 0.334 e. The summed E-state index contributed by atoms with van der Waals surface area (Å²) in [4.78, 5) is 18.3. The number of aliphatic imine (C=N–C) groups is 1. The Kier molecular flexibility index (Phi) is 6.54. The van der Waals surface area contributed by atoms with E-state index < -0.39 is 5.41 Å². The van der Waals surface area contributed by atoms with Crippen molar-refractivity contribution in [1.82, 2.24) is 34.3 Å². The number of benzene rings is 1. The zero-order valence-electron chi connectivity index (χ0n) is 21.1. The molecule has 1 aromatic carbocycles. The van der Waals surface area contributed by atoms with E-state index >= 15 is 0 Å². The molecule has 4 aromatic rings. The van der Waals surface area contributed by atoms with Gasteiger partial charge < -0.3 is 4.57 Å². The van der Waals surface area contributed by atoms with Crippen LogP contribution in [0.5, 0.6) is 0 Å². The van der Waals surface area contributed by atoms with Crippen LogP contribution in [0.15, 0.2) is 64.8 Å². The van der Waals surface area contributed by atoms with Gasteiger partial charge in [-0.05, 0) is 66.8 Å². The summed E-state index contributed by atoms with van der Waals surface area (Å²) in [5.74, 6) is 1.55. The number of hydrogen-bond acceptors (Lipinski definition) is 5. The second-order valence-electron chi connectivity index (χ2n) is 9.41. The number of imidazole rings is 1. The van der Waals surface area contributed by atoms with E-state index in [1.54, 1.807) is 0 Å². The van der Waals surface area contributed by atoms with Crippen molar-refractivity contribution in [3.8, 4) is 17.2 Å². The average Bonchev–Trinajstić information content (AvgIpc) is 3.64. The first-order valence-corrected chi connectivity index (χ1v) is 12.6. The van der Waals surface area contributed by atoms with E-state index in [-0.39, 0.29) is 5.69 Å². The van der Waals surface area contributed by atoms with Gasteiger partial charge in [0.1, 0.15) is 5.82 Å². The number of aryl methyl sites for hydroxylation is 3. The maximum Gasteiger partial charge on any atom is 0.334 e. The standard InChI is InChI=1S/C27H32N8O/c1-4-6-10-23-18-34(25-20(3)11-16-33(25)5-2)26(36)35(23)19-27(12-14-28-15-13-27)22-9-7-8-21(17-22)24-29-31-32-30-24/h7-9,11-12,14-18H,4-6,10,13,19H2,1-3H3,(H,29,30,31,32). The van der Waals surface area contributed by atoms with Gasteiger partial charge in [0.2, 0.25) is 0 Å².